The van der Waals surface area contributed by atoms with Gasteiger partial charge in [-0.1, -0.05) is 50.2 Å². The van der Waals surface area contributed by atoms with E-state index >= 15 is 0 Å². The van der Waals surface area contributed by atoms with Gasteiger partial charge in [-0.15, -0.1) is 0 Å². The van der Waals surface area contributed by atoms with Crippen LogP contribution in [0.2, 0.25) is 0 Å². The maximum Gasteiger partial charge on any atom is 0.148 e. The molecule has 0 amide bonds. The fourth-order valence-corrected chi connectivity index (χ4v) is 3.83. The third kappa shape index (κ3) is 4.91. The van der Waals surface area contributed by atoms with Crippen LogP contribution in [0.3, 0.4) is 0 Å². The molecule has 0 aliphatic heterocycles. The van der Waals surface area contributed by atoms with E-state index in [2.05, 4.69) is 62.6 Å². The highest BCUT2D eigenvalue weighted by Crippen LogP contribution is 2.28. The molecule has 160 valence electrons. The average Bonchev–Trinajstić information content (AvgIpc) is 3.10. The number of nitrogens with zero attached hydrogens (tertiary/aromatic N) is 2. The van der Waals surface area contributed by atoms with Gasteiger partial charge >= 0.3 is 0 Å². The van der Waals surface area contributed by atoms with Crippen molar-refractivity contribution in [2.45, 2.75) is 46.8 Å². The molecule has 31 heavy (non-hydrogen) atoms. The normalized spacial score (nSPS) is 11.3. The van der Waals surface area contributed by atoms with Crippen LogP contribution in [0.25, 0.3) is 11.0 Å². The van der Waals surface area contributed by atoms with Crippen LogP contribution in [0.1, 0.15) is 42.3 Å². The maximum absolute atomic E-state index is 6.25. The van der Waals surface area contributed by atoms with Crippen LogP contribution in [-0.2, 0) is 13.2 Å². The smallest absolute Gasteiger partial charge is 0.148 e. The number of fused-ring (bicyclic) bond motifs is 1. The molecule has 0 spiro atoms. The van der Waals surface area contributed by atoms with Crippen molar-refractivity contribution in [2.24, 2.45) is 0 Å². The van der Waals surface area contributed by atoms with Crippen LogP contribution >= 0.6 is 0 Å². The van der Waals surface area contributed by atoms with Crippen LogP contribution in [0, 0.1) is 13.8 Å². The third-order valence-corrected chi connectivity index (χ3v) is 5.45. The molecule has 1 heterocycles. The molecule has 0 atom stereocenters. The molecule has 0 fully saturated rings. The molecule has 0 bridgehead atoms. The van der Waals surface area contributed by atoms with E-state index in [4.69, 9.17) is 14.5 Å². The summed E-state index contributed by atoms with van der Waals surface area (Å²) < 4.78 is 14.5. The van der Waals surface area contributed by atoms with E-state index in [1.807, 2.05) is 36.4 Å². The molecule has 4 rings (SSSR count). The van der Waals surface area contributed by atoms with Crippen molar-refractivity contribution in [3.8, 4) is 11.5 Å². The van der Waals surface area contributed by atoms with Crippen molar-refractivity contribution in [2.75, 3.05) is 6.61 Å². The topological polar surface area (TPSA) is 36.3 Å². The highest BCUT2D eigenvalue weighted by atomic mass is 16.5. The van der Waals surface area contributed by atoms with Crippen molar-refractivity contribution in [1.82, 2.24) is 9.55 Å². The Balaban J connectivity index is 1.53. The number of aryl methyl sites for hydroxylation is 2. The molecule has 0 aliphatic carbocycles. The number of hydrogen-bond donors (Lipinski definition) is 0. The van der Waals surface area contributed by atoms with Gasteiger partial charge in [0.25, 0.3) is 0 Å². The minimum absolute atomic E-state index is 0.416. The van der Waals surface area contributed by atoms with Crippen molar-refractivity contribution in [3.63, 3.8) is 0 Å². The molecule has 4 heteroatoms. The van der Waals surface area contributed by atoms with Crippen molar-refractivity contribution in [3.05, 3.63) is 89.2 Å². The zero-order valence-corrected chi connectivity index (χ0v) is 18.8. The van der Waals surface area contributed by atoms with E-state index in [1.165, 1.54) is 16.7 Å². The first kappa shape index (κ1) is 21.0. The molecule has 4 aromatic rings. The van der Waals surface area contributed by atoms with E-state index in [-0.39, 0.29) is 0 Å². The van der Waals surface area contributed by atoms with Gasteiger partial charge in [-0.3, -0.25) is 0 Å². The largest absolute Gasteiger partial charge is 0.491 e. The molecule has 0 unspecified atom stereocenters. The Morgan fingerprint density at radius 3 is 2.48 bits per heavy atom. The van der Waals surface area contributed by atoms with Crippen LogP contribution in [0.15, 0.2) is 66.7 Å². The predicted octanol–water partition coefficient (Wildman–Crippen LogP) is 6.43. The zero-order chi connectivity index (χ0) is 21.8. The van der Waals surface area contributed by atoms with Gasteiger partial charge in [0.2, 0.25) is 0 Å². The lowest BCUT2D eigenvalue weighted by molar-refractivity contribution is 0.271. The Morgan fingerprint density at radius 2 is 1.68 bits per heavy atom. The molecule has 0 radical (unpaired) electrons. The number of ether oxygens (including phenoxy) is 2. The highest BCUT2D eigenvalue weighted by Gasteiger charge is 2.13. The first-order valence-electron chi connectivity index (χ1n) is 10.9. The average molecular weight is 415 g/mol. The first-order chi connectivity index (χ1) is 15.0. The molecule has 1 aromatic heterocycles. The second-order valence-electron chi connectivity index (χ2n) is 8.32. The Morgan fingerprint density at radius 1 is 0.871 bits per heavy atom. The second-order valence-corrected chi connectivity index (χ2v) is 8.32. The number of hydrogen-bond acceptors (Lipinski definition) is 3. The number of benzene rings is 3. The second kappa shape index (κ2) is 9.25. The number of rotatable bonds is 8. The molecule has 0 aliphatic rings. The Labute approximate surface area is 184 Å². The first-order valence-corrected chi connectivity index (χ1v) is 10.9. The van der Waals surface area contributed by atoms with Crippen LogP contribution in [0.5, 0.6) is 11.5 Å². The standard InChI is InChI=1S/C27H30N2O2/c1-19(2)23-13-12-21(4)17-26(23)30-15-14-29-25-11-6-5-10-24(25)28-27(29)18-31-22-9-7-8-20(3)16-22/h5-13,16-17,19H,14-15,18H2,1-4H3. The van der Waals surface area contributed by atoms with Gasteiger partial charge in [0.15, 0.2) is 0 Å². The van der Waals surface area contributed by atoms with Crippen LogP contribution in [0.4, 0.5) is 0 Å². The summed E-state index contributed by atoms with van der Waals surface area (Å²) >= 11 is 0. The Hall–Kier alpha value is -3.27. The summed E-state index contributed by atoms with van der Waals surface area (Å²) in [4.78, 5) is 4.82. The van der Waals surface area contributed by atoms with Gasteiger partial charge in [-0.2, -0.15) is 0 Å². The highest BCUT2D eigenvalue weighted by molar-refractivity contribution is 5.75. The van der Waals surface area contributed by atoms with E-state index in [9.17, 15) is 0 Å². The SMILES string of the molecule is Cc1cccc(OCc2nc3ccccc3n2CCOc2cc(C)ccc2C(C)C)c1. The quantitative estimate of drug-likeness (QED) is 0.333. The summed E-state index contributed by atoms with van der Waals surface area (Å²) in [6.45, 7) is 10.2. The fourth-order valence-electron chi connectivity index (χ4n) is 3.83. The summed E-state index contributed by atoms with van der Waals surface area (Å²) in [5, 5.41) is 0. The summed E-state index contributed by atoms with van der Waals surface area (Å²) in [6, 6.07) is 22.7. The molecular weight excluding hydrogens is 384 g/mol. The van der Waals surface area contributed by atoms with Gasteiger partial charge < -0.3 is 14.0 Å². The molecule has 0 N–H and O–H groups in total. The van der Waals surface area contributed by atoms with Gasteiger partial charge in [0.05, 0.1) is 17.6 Å². The van der Waals surface area contributed by atoms with Gasteiger partial charge in [-0.25, -0.2) is 4.98 Å². The fraction of sp³-hybridized carbons (Fsp3) is 0.296. The Bertz CT molecular complexity index is 1180. The summed E-state index contributed by atoms with van der Waals surface area (Å²) in [6.07, 6.45) is 0. The minimum atomic E-state index is 0.416. The number of para-hydroxylation sites is 2. The molecule has 0 saturated carbocycles. The minimum Gasteiger partial charge on any atom is -0.491 e. The molecule has 0 saturated heterocycles. The summed E-state index contributed by atoms with van der Waals surface area (Å²) in [5.41, 5.74) is 5.70. The Kier molecular flexibility index (Phi) is 6.26. The maximum atomic E-state index is 6.25. The van der Waals surface area contributed by atoms with Crippen molar-refractivity contribution >= 4 is 11.0 Å². The summed E-state index contributed by atoms with van der Waals surface area (Å²) in [5.74, 6) is 3.15. The third-order valence-electron chi connectivity index (χ3n) is 5.45. The lowest BCUT2D eigenvalue weighted by Crippen LogP contribution is -2.13. The van der Waals surface area contributed by atoms with Crippen LogP contribution in [-0.4, -0.2) is 16.2 Å². The van der Waals surface area contributed by atoms with E-state index in [0.717, 1.165) is 28.4 Å². The zero-order valence-electron chi connectivity index (χ0n) is 18.8. The summed E-state index contributed by atoms with van der Waals surface area (Å²) in [7, 11) is 0. The van der Waals surface area contributed by atoms with E-state index in [0.29, 0.717) is 25.7 Å². The van der Waals surface area contributed by atoms with Gasteiger partial charge in [0, 0.05) is 0 Å². The van der Waals surface area contributed by atoms with Gasteiger partial charge in [-0.05, 0) is 66.8 Å². The van der Waals surface area contributed by atoms with Crippen molar-refractivity contribution < 1.29 is 9.47 Å². The number of aromatic nitrogens is 2. The van der Waals surface area contributed by atoms with E-state index in [1.54, 1.807) is 0 Å². The van der Waals surface area contributed by atoms with E-state index < -0.39 is 0 Å². The number of imidazole rings is 1. The lowest BCUT2D eigenvalue weighted by Gasteiger charge is -2.16. The lowest BCUT2D eigenvalue weighted by atomic mass is 10.0. The molecule has 3 aromatic carbocycles. The van der Waals surface area contributed by atoms with Crippen LogP contribution < -0.4 is 9.47 Å². The van der Waals surface area contributed by atoms with Crippen molar-refractivity contribution in [1.29, 1.82) is 0 Å². The monoisotopic (exact) mass is 414 g/mol. The predicted molar refractivity (Wildman–Crippen MR) is 126 cm³/mol. The van der Waals surface area contributed by atoms with Gasteiger partial charge in [0.1, 0.15) is 30.5 Å². The molecular formula is C27H30N2O2. The molecule has 4 nitrogen and oxygen atoms in total.